The molecular weight excluding hydrogens is 512 g/mol. The largest absolute Gasteiger partial charge is 0.496 e. The number of carbonyl (C=O) groups excluding carboxylic acids is 1. The van der Waals surface area contributed by atoms with Crippen LogP contribution in [0.15, 0.2) is 78.1 Å². The first kappa shape index (κ1) is 26.7. The molecule has 0 saturated carbocycles. The minimum Gasteiger partial charge on any atom is -0.496 e. The van der Waals surface area contributed by atoms with Gasteiger partial charge in [0.1, 0.15) is 18.1 Å². The van der Waals surface area contributed by atoms with Crippen LogP contribution in [0.25, 0.3) is 0 Å². The van der Waals surface area contributed by atoms with Crippen LogP contribution in [0.4, 0.5) is 0 Å². The number of ether oxygens (including phenoxy) is 2. The lowest BCUT2D eigenvalue weighted by Crippen LogP contribution is -2.18. The second-order valence-corrected chi connectivity index (χ2v) is 11.8. The molecule has 1 aliphatic carbocycles. The van der Waals surface area contributed by atoms with E-state index in [-0.39, 0.29) is 16.4 Å². The van der Waals surface area contributed by atoms with Crippen molar-refractivity contribution < 1.29 is 22.7 Å². The Balaban J connectivity index is 1.35. The van der Waals surface area contributed by atoms with Gasteiger partial charge in [0, 0.05) is 35.9 Å². The number of Topliss-reactive ketones (excluding diaryl/α,β-unsaturated/α-hetero) is 1. The summed E-state index contributed by atoms with van der Waals surface area (Å²) in [5.41, 5.74) is 5.27. The van der Waals surface area contributed by atoms with Crippen LogP contribution >= 0.6 is 0 Å². The SMILES string of the molecule is COc1ccc(Cc2cncn2CCOc2ccc3c(c2CS(=O)(=O)c2ccccc2)CCCC3=O)cc1C. The zero-order valence-electron chi connectivity index (χ0n) is 22.2. The Morgan fingerprint density at radius 2 is 1.79 bits per heavy atom. The Morgan fingerprint density at radius 3 is 2.56 bits per heavy atom. The van der Waals surface area contributed by atoms with Crippen LogP contribution in [0.5, 0.6) is 11.5 Å². The number of hydrogen-bond acceptors (Lipinski definition) is 6. The molecule has 0 N–H and O–H groups in total. The third-order valence-electron chi connectivity index (χ3n) is 7.19. The lowest BCUT2D eigenvalue weighted by Gasteiger charge is -2.22. The van der Waals surface area contributed by atoms with Gasteiger partial charge < -0.3 is 14.0 Å². The summed E-state index contributed by atoms with van der Waals surface area (Å²) in [7, 11) is -1.95. The van der Waals surface area contributed by atoms with Crippen molar-refractivity contribution in [2.45, 2.75) is 49.8 Å². The molecule has 1 aliphatic rings. The molecule has 8 heteroatoms. The van der Waals surface area contributed by atoms with Gasteiger partial charge in [0.15, 0.2) is 15.6 Å². The molecule has 1 heterocycles. The van der Waals surface area contributed by atoms with Crippen LogP contribution < -0.4 is 9.47 Å². The molecule has 3 aromatic carbocycles. The number of benzene rings is 3. The summed E-state index contributed by atoms with van der Waals surface area (Å²) in [4.78, 5) is 17.2. The molecule has 0 spiro atoms. The van der Waals surface area contributed by atoms with Crippen LogP contribution in [-0.2, 0) is 35.0 Å². The summed E-state index contributed by atoms with van der Waals surface area (Å²) in [6.07, 6.45) is 6.19. The first-order valence-electron chi connectivity index (χ1n) is 13.1. The molecule has 1 aromatic heterocycles. The highest BCUT2D eigenvalue weighted by Gasteiger charge is 2.26. The van der Waals surface area contributed by atoms with Crippen LogP contribution in [-0.4, -0.2) is 37.5 Å². The molecule has 0 amide bonds. The molecule has 0 radical (unpaired) electrons. The molecular formula is C31H32N2O5S. The zero-order valence-corrected chi connectivity index (χ0v) is 23.0. The zero-order chi connectivity index (χ0) is 27.4. The van der Waals surface area contributed by atoms with Crippen LogP contribution in [0, 0.1) is 6.92 Å². The highest BCUT2D eigenvalue weighted by atomic mass is 32.2. The van der Waals surface area contributed by atoms with Crippen molar-refractivity contribution in [3.8, 4) is 11.5 Å². The van der Waals surface area contributed by atoms with E-state index in [0.717, 1.165) is 28.1 Å². The van der Waals surface area contributed by atoms with Gasteiger partial charge in [-0.05, 0) is 66.8 Å². The number of imidazole rings is 1. The predicted octanol–water partition coefficient (Wildman–Crippen LogP) is 5.36. The average Bonchev–Trinajstić information content (AvgIpc) is 3.37. The molecule has 0 aliphatic heterocycles. The first-order valence-corrected chi connectivity index (χ1v) is 14.7. The van der Waals surface area contributed by atoms with Gasteiger partial charge in [-0.1, -0.05) is 30.3 Å². The predicted molar refractivity (Wildman–Crippen MR) is 149 cm³/mol. The number of sulfone groups is 1. The normalized spacial score (nSPS) is 13.2. The van der Waals surface area contributed by atoms with E-state index in [9.17, 15) is 13.2 Å². The van der Waals surface area contributed by atoms with Crippen molar-refractivity contribution in [2.75, 3.05) is 13.7 Å². The van der Waals surface area contributed by atoms with Gasteiger partial charge >= 0.3 is 0 Å². The van der Waals surface area contributed by atoms with Crippen molar-refractivity contribution in [3.63, 3.8) is 0 Å². The Hall–Kier alpha value is -3.91. The smallest absolute Gasteiger partial charge is 0.182 e. The number of rotatable bonds is 10. The number of nitrogens with zero attached hydrogens (tertiary/aromatic N) is 2. The summed E-state index contributed by atoms with van der Waals surface area (Å²) in [6.45, 7) is 2.90. The van der Waals surface area contributed by atoms with E-state index in [1.807, 2.05) is 29.8 Å². The lowest BCUT2D eigenvalue weighted by molar-refractivity contribution is 0.0972. The Kier molecular flexibility index (Phi) is 7.84. The number of aryl methyl sites for hydroxylation is 1. The van der Waals surface area contributed by atoms with Crippen molar-refractivity contribution in [3.05, 3.63) is 107 Å². The standard InChI is InChI=1S/C31H32N2O5S/c1-22-17-23(11-13-30(22)37-2)18-24-19-32-21-33(24)15-16-38-31-14-12-27-26(9-6-10-29(27)34)28(31)20-39(35,36)25-7-4-3-5-8-25/h3-5,7-8,11-14,17,19,21H,6,9-10,15-16,18,20H2,1-2H3. The molecule has 7 nitrogen and oxygen atoms in total. The molecule has 0 unspecified atom stereocenters. The monoisotopic (exact) mass is 544 g/mol. The second kappa shape index (κ2) is 11.5. The van der Waals surface area contributed by atoms with E-state index in [1.54, 1.807) is 55.9 Å². The first-order chi connectivity index (χ1) is 18.9. The molecule has 4 aromatic rings. The fraction of sp³-hybridized carbons (Fsp3) is 0.290. The summed E-state index contributed by atoms with van der Waals surface area (Å²) in [5.74, 6) is 1.21. The number of fused-ring (bicyclic) bond motifs is 1. The number of methoxy groups -OCH3 is 1. The average molecular weight is 545 g/mol. The Bertz CT molecular complexity index is 1590. The molecule has 39 heavy (non-hydrogen) atoms. The molecule has 0 fully saturated rings. The van der Waals surface area contributed by atoms with E-state index >= 15 is 0 Å². The van der Waals surface area contributed by atoms with Gasteiger partial charge in [-0.3, -0.25) is 4.79 Å². The number of hydrogen-bond donors (Lipinski definition) is 0. The summed E-state index contributed by atoms with van der Waals surface area (Å²) >= 11 is 0. The fourth-order valence-corrected chi connectivity index (χ4v) is 6.62. The third kappa shape index (κ3) is 5.91. The molecule has 0 bridgehead atoms. The maximum atomic E-state index is 13.3. The molecule has 0 atom stereocenters. The van der Waals surface area contributed by atoms with Gasteiger partial charge in [0.05, 0.1) is 30.6 Å². The summed E-state index contributed by atoms with van der Waals surface area (Å²) in [5, 5.41) is 0. The van der Waals surface area contributed by atoms with Crippen molar-refractivity contribution >= 4 is 15.6 Å². The molecule has 202 valence electrons. The maximum absolute atomic E-state index is 13.3. The van der Waals surface area contributed by atoms with Crippen LogP contribution in [0.1, 0.15) is 51.1 Å². The molecule has 5 rings (SSSR count). The van der Waals surface area contributed by atoms with Gasteiger partial charge in [0.2, 0.25) is 0 Å². The third-order valence-corrected chi connectivity index (χ3v) is 8.85. The Labute approximate surface area is 229 Å². The minimum atomic E-state index is -3.62. The second-order valence-electron chi connectivity index (χ2n) is 9.82. The highest BCUT2D eigenvalue weighted by Crippen LogP contribution is 2.34. The van der Waals surface area contributed by atoms with Crippen molar-refractivity contribution in [1.29, 1.82) is 0 Å². The number of aromatic nitrogens is 2. The quantitative estimate of drug-likeness (QED) is 0.267. The van der Waals surface area contributed by atoms with Crippen molar-refractivity contribution in [1.82, 2.24) is 9.55 Å². The van der Waals surface area contributed by atoms with E-state index in [0.29, 0.717) is 55.7 Å². The summed E-state index contributed by atoms with van der Waals surface area (Å²) in [6, 6.07) is 18.1. The van der Waals surface area contributed by atoms with Gasteiger partial charge in [0.25, 0.3) is 0 Å². The molecule has 0 saturated heterocycles. The number of carbonyl (C=O) groups is 1. The fourth-order valence-electron chi connectivity index (χ4n) is 5.18. The lowest BCUT2D eigenvalue weighted by atomic mass is 9.87. The van der Waals surface area contributed by atoms with Crippen LogP contribution in [0.2, 0.25) is 0 Å². The summed E-state index contributed by atoms with van der Waals surface area (Å²) < 4.78 is 40.2. The van der Waals surface area contributed by atoms with E-state index < -0.39 is 9.84 Å². The van der Waals surface area contributed by atoms with E-state index in [1.165, 1.54) is 0 Å². The van der Waals surface area contributed by atoms with Gasteiger partial charge in [-0.25, -0.2) is 13.4 Å². The van der Waals surface area contributed by atoms with Gasteiger partial charge in [-0.15, -0.1) is 0 Å². The topological polar surface area (TPSA) is 87.5 Å². The minimum absolute atomic E-state index is 0.0537. The maximum Gasteiger partial charge on any atom is 0.182 e. The van der Waals surface area contributed by atoms with Crippen molar-refractivity contribution in [2.24, 2.45) is 0 Å². The van der Waals surface area contributed by atoms with E-state index in [2.05, 4.69) is 11.1 Å². The van der Waals surface area contributed by atoms with Crippen LogP contribution in [0.3, 0.4) is 0 Å². The Morgan fingerprint density at radius 1 is 1.00 bits per heavy atom. The highest BCUT2D eigenvalue weighted by molar-refractivity contribution is 7.90. The number of ketones is 1. The van der Waals surface area contributed by atoms with E-state index in [4.69, 9.17) is 9.47 Å². The van der Waals surface area contributed by atoms with Gasteiger partial charge in [-0.2, -0.15) is 0 Å².